The predicted octanol–water partition coefficient (Wildman–Crippen LogP) is 5.45. The van der Waals surface area contributed by atoms with Gasteiger partial charge < -0.3 is 15.3 Å². The number of aryl methyl sites for hydroxylation is 1. The Bertz CT molecular complexity index is 1370. The number of carbonyl (C=O) groups is 2. The number of nitrogens with zero attached hydrogens (tertiary/aromatic N) is 2. The zero-order valence-electron chi connectivity index (χ0n) is 21.3. The molecule has 3 aromatic rings. The van der Waals surface area contributed by atoms with Crippen molar-refractivity contribution >= 4 is 23.4 Å². The molecule has 2 N–H and O–H groups in total. The molecule has 1 aliphatic heterocycles. The zero-order chi connectivity index (χ0) is 26.3. The summed E-state index contributed by atoms with van der Waals surface area (Å²) < 4.78 is 0. The van der Waals surface area contributed by atoms with Gasteiger partial charge in [0.1, 0.15) is 0 Å². The number of amides is 2. The summed E-state index contributed by atoms with van der Waals surface area (Å²) in [6.07, 6.45) is 9.29. The Hall–Kier alpha value is -3.22. The van der Waals surface area contributed by atoms with Gasteiger partial charge >= 0.3 is 0 Å². The van der Waals surface area contributed by atoms with Crippen molar-refractivity contribution in [1.29, 1.82) is 0 Å². The Balaban J connectivity index is 1.13. The monoisotopic (exact) mass is 529 g/mol. The van der Waals surface area contributed by atoms with Gasteiger partial charge in [-0.05, 0) is 103 Å². The van der Waals surface area contributed by atoms with Gasteiger partial charge in [-0.25, -0.2) is 0 Å². The molecule has 2 heterocycles. The van der Waals surface area contributed by atoms with Gasteiger partial charge in [0.2, 0.25) is 0 Å². The van der Waals surface area contributed by atoms with Crippen LogP contribution in [0.3, 0.4) is 0 Å². The summed E-state index contributed by atoms with van der Waals surface area (Å²) in [7, 11) is 0. The number of carbonyl (C=O) groups excluding carboxylic acids is 2. The molecular formula is C31H32ClN3O3. The van der Waals surface area contributed by atoms with E-state index in [9.17, 15) is 14.7 Å². The third-order valence-electron chi connectivity index (χ3n) is 8.98. The molecule has 7 heteroatoms. The van der Waals surface area contributed by atoms with Crippen molar-refractivity contribution in [3.63, 3.8) is 0 Å². The molecule has 1 saturated heterocycles. The van der Waals surface area contributed by atoms with Crippen molar-refractivity contribution in [2.75, 3.05) is 13.1 Å². The number of fused-ring (bicyclic) bond motifs is 1. The van der Waals surface area contributed by atoms with Gasteiger partial charge in [0.25, 0.3) is 11.8 Å². The number of hydrogen-bond acceptors (Lipinski definition) is 4. The second kappa shape index (κ2) is 9.83. The Morgan fingerprint density at radius 2 is 1.76 bits per heavy atom. The topological polar surface area (TPSA) is 82.5 Å². The van der Waals surface area contributed by atoms with E-state index in [2.05, 4.69) is 10.3 Å². The number of nitrogens with one attached hydrogen (secondary N) is 1. The van der Waals surface area contributed by atoms with Crippen LogP contribution >= 0.6 is 11.6 Å². The van der Waals surface area contributed by atoms with Crippen LogP contribution in [0.4, 0.5) is 0 Å². The van der Waals surface area contributed by atoms with E-state index in [4.69, 9.17) is 11.6 Å². The molecule has 0 bridgehead atoms. The number of hydrogen-bond donors (Lipinski definition) is 2. The molecular weight excluding hydrogens is 498 g/mol. The molecule has 1 unspecified atom stereocenters. The molecule has 196 valence electrons. The van der Waals surface area contributed by atoms with Crippen LogP contribution in [-0.2, 0) is 12.0 Å². The minimum absolute atomic E-state index is 0.0442. The van der Waals surface area contributed by atoms with E-state index >= 15 is 0 Å². The van der Waals surface area contributed by atoms with Crippen LogP contribution in [0, 0.1) is 5.41 Å². The molecule has 0 radical (unpaired) electrons. The number of benzene rings is 2. The average molecular weight is 530 g/mol. The Kier molecular flexibility index (Phi) is 6.48. The molecule has 2 aliphatic carbocycles. The summed E-state index contributed by atoms with van der Waals surface area (Å²) >= 11 is 6.23. The summed E-state index contributed by atoms with van der Waals surface area (Å²) in [6, 6.07) is 16.6. The van der Waals surface area contributed by atoms with E-state index in [-0.39, 0.29) is 23.3 Å². The molecule has 1 aromatic heterocycles. The third kappa shape index (κ3) is 4.61. The van der Waals surface area contributed by atoms with Gasteiger partial charge in [-0.15, -0.1) is 0 Å². The molecule has 6 nitrogen and oxygen atoms in total. The highest BCUT2D eigenvalue weighted by atomic mass is 35.5. The Labute approximate surface area is 228 Å². The molecule has 6 rings (SSSR count). The number of aliphatic hydroxyl groups is 1. The number of rotatable bonds is 4. The highest BCUT2D eigenvalue weighted by Gasteiger charge is 2.47. The van der Waals surface area contributed by atoms with Crippen LogP contribution in [0.2, 0.25) is 5.02 Å². The standard InChI is InChI=1S/C31H32ClN3O3/c32-26-4-2-1-3-24(26)28(36)34-27-8-7-21-5-6-22(19-25(21)27)29(37)35-18-15-30(20-35)11-13-31(38,14-12-30)23-9-16-33-17-10-23/h1-6,9-10,16-17,19,27,38H,7-8,11-15,18,20H2,(H,34,36). The predicted molar refractivity (Wildman–Crippen MR) is 146 cm³/mol. The van der Waals surface area contributed by atoms with Crippen LogP contribution in [0.25, 0.3) is 0 Å². The average Bonchev–Trinajstić information content (AvgIpc) is 3.55. The molecule has 1 atom stereocenters. The second-order valence-corrected chi connectivity index (χ2v) is 11.6. The lowest BCUT2D eigenvalue weighted by Gasteiger charge is -2.42. The van der Waals surface area contributed by atoms with Crippen LogP contribution < -0.4 is 5.32 Å². The summed E-state index contributed by atoms with van der Waals surface area (Å²) in [6.45, 7) is 1.46. The summed E-state index contributed by atoms with van der Waals surface area (Å²) in [5, 5.41) is 14.8. The Morgan fingerprint density at radius 3 is 2.53 bits per heavy atom. The molecule has 2 fully saturated rings. The second-order valence-electron chi connectivity index (χ2n) is 11.2. The summed E-state index contributed by atoms with van der Waals surface area (Å²) in [5.74, 6) is -0.154. The third-order valence-corrected chi connectivity index (χ3v) is 9.31. The van der Waals surface area contributed by atoms with E-state index in [0.717, 1.165) is 56.3 Å². The molecule has 2 amide bonds. The highest BCUT2D eigenvalue weighted by molar-refractivity contribution is 6.33. The lowest BCUT2D eigenvalue weighted by atomic mass is 9.66. The lowest BCUT2D eigenvalue weighted by Crippen LogP contribution is -2.39. The quantitative estimate of drug-likeness (QED) is 0.471. The van der Waals surface area contributed by atoms with Gasteiger partial charge in [0, 0.05) is 31.0 Å². The van der Waals surface area contributed by atoms with Crippen molar-refractivity contribution < 1.29 is 14.7 Å². The largest absolute Gasteiger partial charge is 0.385 e. The van der Waals surface area contributed by atoms with E-state index in [1.165, 1.54) is 5.56 Å². The van der Waals surface area contributed by atoms with Gasteiger partial charge in [0.15, 0.2) is 0 Å². The van der Waals surface area contributed by atoms with E-state index < -0.39 is 5.60 Å². The smallest absolute Gasteiger partial charge is 0.253 e. The van der Waals surface area contributed by atoms with E-state index in [0.29, 0.717) is 29.0 Å². The van der Waals surface area contributed by atoms with Crippen molar-refractivity contribution in [2.24, 2.45) is 5.41 Å². The first-order valence-electron chi connectivity index (χ1n) is 13.5. The fourth-order valence-corrected chi connectivity index (χ4v) is 6.83. The fourth-order valence-electron chi connectivity index (χ4n) is 6.61. The first-order chi connectivity index (χ1) is 18.4. The summed E-state index contributed by atoms with van der Waals surface area (Å²) in [5.41, 5.74) is 3.51. The first kappa shape index (κ1) is 25.1. The number of likely N-dealkylation sites (tertiary alicyclic amines) is 1. The van der Waals surface area contributed by atoms with Gasteiger partial charge in [-0.3, -0.25) is 14.6 Å². The van der Waals surface area contributed by atoms with Crippen molar-refractivity contribution in [2.45, 2.75) is 56.6 Å². The highest BCUT2D eigenvalue weighted by Crippen LogP contribution is 2.50. The summed E-state index contributed by atoms with van der Waals surface area (Å²) in [4.78, 5) is 32.5. The molecule has 3 aliphatic rings. The van der Waals surface area contributed by atoms with Crippen LogP contribution in [-0.4, -0.2) is 39.9 Å². The zero-order valence-corrected chi connectivity index (χ0v) is 22.1. The fraction of sp³-hybridized carbons (Fsp3) is 0.387. The first-order valence-corrected chi connectivity index (χ1v) is 13.8. The minimum atomic E-state index is -0.810. The van der Waals surface area contributed by atoms with Gasteiger partial charge in [-0.2, -0.15) is 0 Å². The number of pyridine rings is 1. The van der Waals surface area contributed by atoms with Crippen molar-refractivity contribution in [1.82, 2.24) is 15.2 Å². The molecule has 1 saturated carbocycles. The Morgan fingerprint density at radius 1 is 1.00 bits per heavy atom. The van der Waals surface area contributed by atoms with Gasteiger partial charge in [0.05, 0.1) is 22.2 Å². The van der Waals surface area contributed by atoms with E-state index in [1.807, 2.05) is 35.2 Å². The van der Waals surface area contributed by atoms with E-state index in [1.54, 1.807) is 36.7 Å². The number of halogens is 1. The van der Waals surface area contributed by atoms with Crippen LogP contribution in [0.5, 0.6) is 0 Å². The maximum Gasteiger partial charge on any atom is 0.253 e. The maximum atomic E-state index is 13.6. The van der Waals surface area contributed by atoms with Gasteiger partial charge in [-0.1, -0.05) is 29.8 Å². The van der Waals surface area contributed by atoms with Crippen molar-refractivity contribution in [3.05, 3.63) is 99.8 Å². The number of aromatic nitrogens is 1. The van der Waals surface area contributed by atoms with Crippen LogP contribution in [0.15, 0.2) is 67.0 Å². The minimum Gasteiger partial charge on any atom is -0.385 e. The molecule has 2 aromatic carbocycles. The SMILES string of the molecule is O=C(NC1CCc2ccc(C(=O)N3CCC4(CCC(O)(c5ccncc5)CC4)C3)cc21)c1ccccc1Cl. The van der Waals surface area contributed by atoms with Crippen molar-refractivity contribution in [3.8, 4) is 0 Å². The van der Waals surface area contributed by atoms with Crippen LogP contribution in [0.1, 0.15) is 82.0 Å². The molecule has 38 heavy (non-hydrogen) atoms. The molecule has 1 spiro atoms. The maximum absolute atomic E-state index is 13.6. The lowest BCUT2D eigenvalue weighted by molar-refractivity contribution is -0.0362. The normalized spacial score (nSPS) is 26.4.